The minimum atomic E-state index is -0.765. The molecule has 1 N–H and O–H groups in total. The lowest BCUT2D eigenvalue weighted by Crippen LogP contribution is -2.58. The summed E-state index contributed by atoms with van der Waals surface area (Å²) >= 11 is 0. The van der Waals surface area contributed by atoms with E-state index < -0.39 is 5.54 Å². The molecule has 8 heteroatoms. The maximum absolute atomic E-state index is 14.1. The number of nitrogens with zero attached hydrogens (tertiary/aromatic N) is 4. The van der Waals surface area contributed by atoms with Crippen molar-refractivity contribution in [2.45, 2.75) is 77.2 Å². The van der Waals surface area contributed by atoms with Crippen LogP contribution in [-0.2, 0) is 9.59 Å². The average Bonchev–Trinajstić information content (AvgIpc) is 3.24. The van der Waals surface area contributed by atoms with Crippen molar-refractivity contribution in [1.29, 1.82) is 0 Å². The number of hydrogen-bond acceptors (Lipinski definition) is 4. The molecule has 3 saturated heterocycles. The molecule has 0 radical (unpaired) electrons. The predicted octanol–water partition coefficient (Wildman–Crippen LogP) is 5.62. The molecule has 5 rings (SSSR count). The van der Waals surface area contributed by atoms with Crippen LogP contribution in [0.5, 0.6) is 0 Å². The number of nitrogens with one attached hydrogen (secondary N) is 1. The highest BCUT2D eigenvalue weighted by Crippen LogP contribution is 2.40. The number of hydrogen-bond donors (Lipinski definition) is 1. The van der Waals surface area contributed by atoms with Gasteiger partial charge in [-0.3, -0.25) is 9.59 Å². The van der Waals surface area contributed by atoms with Crippen molar-refractivity contribution in [3.63, 3.8) is 0 Å². The Hall–Kier alpha value is -3.55. The minimum Gasteiger partial charge on any atom is -0.341 e. The van der Waals surface area contributed by atoms with Gasteiger partial charge in [0.25, 0.3) is 5.91 Å². The van der Waals surface area contributed by atoms with Gasteiger partial charge in [-0.25, -0.2) is 4.79 Å². The Morgan fingerprint density at radius 2 is 1.41 bits per heavy atom. The van der Waals surface area contributed by atoms with E-state index in [0.29, 0.717) is 32.6 Å². The molecule has 4 amide bonds. The molecule has 3 aliphatic heterocycles. The Bertz CT molecular complexity index is 1220. The van der Waals surface area contributed by atoms with Gasteiger partial charge in [0.1, 0.15) is 12.1 Å². The quantitative estimate of drug-likeness (QED) is 0.499. The molecule has 0 bridgehead atoms. The molecular formula is C33H45N5O3. The van der Waals surface area contributed by atoms with Crippen LogP contribution < -0.4 is 10.2 Å². The Balaban J connectivity index is 1.33. The maximum Gasteiger partial charge on any atom is 0.321 e. The van der Waals surface area contributed by atoms with Crippen LogP contribution in [0.25, 0.3) is 0 Å². The summed E-state index contributed by atoms with van der Waals surface area (Å²) in [5.74, 6) is 0.592. The lowest BCUT2D eigenvalue weighted by molar-refractivity contribution is -0.141. The second kappa shape index (κ2) is 12.1. The number of anilines is 2. The number of amides is 4. The Labute approximate surface area is 244 Å². The number of likely N-dealkylation sites (tertiary alicyclic amines) is 2. The van der Waals surface area contributed by atoms with Gasteiger partial charge in [0, 0.05) is 37.6 Å². The SMILES string of the molecule is CC(C)c1cccc(C(C)C)c1NC(=O)N1CCC2(CC1)C(=O)N(CC(=O)N1CCCCC1)CN2c1ccccc1. The molecule has 2 aromatic rings. The molecule has 3 fully saturated rings. The van der Waals surface area contributed by atoms with Crippen LogP contribution in [-0.4, -0.2) is 77.5 Å². The van der Waals surface area contributed by atoms with E-state index in [4.69, 9.17) is 0 Å². The van der Waals surface area contributed by atoms with Crippen molar-refractivity contribution in [3.05, 3.63) is 59.7 Å². The van der Waals surface area contributed by atoms with Crippen molar-refractivity contribution >= 4 is 29.2 Å². The predicted molar refractivity (Wildman–Crippen MR) is 163 cm³/mol. The zero-order chi connectivity index (χ0) is 29.1. The molecule has 2 aromatic carbocycles. The standard InChI is InChI=1S/C33H45N5O3/c1-24(2)27-14-11-15-28(25(3)4)30(27)34-32(41)36-20-16-33(17-21-36)31(40)37(22-29(39)35-18-9-6-10-19-35)23-38(33)26-12-7-5-8-13-26/h5,7-8,11-15,24-25H,6,9-10,16-23H2,1-4H3,(H,34,41). The summed E-state index contributed by atoms with van der Waals surface area (Å²) in [6.45, 7) is 11.6. The van der Waals surface area contributed by atoms with E-state index >= 15 is 0 Å². The first-order chi connectivity index (χ1) is 19.7. The van der Waals surface area contributed by atoms with E-state index in [2.05, 4.69) is 56.1 Å². The van der Waals surface area contributed by atoms with E-state index in [1.165, 1.54) is 0 Å². The fourth-order valence-corrected chi connectivity index (χ4v) is 6.69. The highest BCUT2D eigenvalue weighted by atomic mass is 16.2. The van der Waals surface area contributed by atoms with Crippen molar-refractivity contribution in [1.82, 2.24) is 14.7 Å². The first kappa shape index (κ1) is 29.0. The second-order valence-corrected chi connectivity index (χ2v) is 12.4. The zero-order valence-corrected chi connectivity index (χ0v) is 25.1. The van der Waals surface area contributed by atoms with Gasteiger partial charge >= 0.3 is 6.03 Å². The van der Waals surface area contributed by atoms with E-state index in [0.717, 1.165) is 54.9 Å². The molecule has 3 heterocycles. The van der Waals surface area contributed by atoms with Gasteiger partial charge in [-0.05, 0) is 67.2 Å². The monoisotopic (exact) mass is 559 g/mol. The number of urea groups is 1. The normalized spacial score (nSPS) is 19.0. The minimum absolute atomic E-state index is 0.000909. The van der Waals surface area contributed by atoms with Gasteiger partial charge in [-0.1, -0.05) is 64.1 Å². The fourth-order valence-electron chi connectivity index (χ4n) is 6.69. The third-order valence-corrected chi connectivity index (χ3v) is 9.10. The van der Waals surface area contributed by atoms with Gasteiger partial charge in [-0.15, -0.1) is 0 Å². The molecule has 0 saturated carbocycles. The molecular weight excluding hydrogens is 514 g/mol. The lowest BCUT2D eigenvalue weighted by Gasteiger charge is -2.43. The Morgan fingerprint density at radius 1 is 0.805 bits per heavy atom. The van der Waals surface area contributed by atoms with Gasteiger partial charge in [-0.2, -0.15) is 0 Å². The van der Waals surface area contributed by atoms with Crippen molar-refractivity contribution in [3.8, 4) is 0 Å². The molecule has 0 atom stereocenters. The summed E-state index contributed by atoms with van der Waals surface area (Å²) in [5, 5.41) is 3.24. The molecule has 0 aromatic heterocycles. The first-order valence-corrected chi connectivity index (χ1v) is 15.3. The lowest BCUT2D eigenvalue weighted by atomic mass is 9.85. The van der Waals surface area contributed by atoms with Crippen LogP contribution in [0.2, 0.25) is 0 Å². The van der Waals surface area contributed by atoms with E-state index in [-0.39, 0.29) is 36.2 Å². The van der Waals surface area contributed by atoms with E-state index in [1.54, 1.807) is 4.90 Å². The van der Waals surface area contributed by atoms with E-state index in [1.807, 2.05) is 40.1 Å². The van der Waals surface area contributed by atoms with Crippen molar-refractivity contribution in [2.24, 2.45) is 0 Å². The zero-order valence-electron chi connectivity index (χ0n) is 25.1. The third kappa shape index (κ3) is 5.79. The Morgan fingerprint density at radius 3 is 2.00 bits per heavy atom. The second-order valence-electron chi connectivity index (χ2n) is 12.4. The highest BCUT2D eigenvalue weighted by Gasteiger charge is 2.54. The van der Waals surface area contributed by atoms with Crippen molar-refractivity contribution in [2.75, 3.05) is 49.6 Å². The molecule has 8 nitrogen and oxygen atoms in total. The maximum atomic E-state index is 14.1. The topological polar surface area (TPSA) is 76.2 Å². The molecule has 1 spiro atoms. The number of benzene rings is 2. The number of carbonyl (C=O) groups is 3. The van der Waals surface area contributed by atoms with Crippen LogP contribution in [0.1, 0.15) is 82.8 Å². The number of carbonyl (C=O) groups excluding carboxylic acids is 3. The van der Waals surface area contributed by atoms with Crippen LogP contribution in [0, 0.1) is 0 Å². The fraction of sp³-hybridized carbons (Fsp3) is 0.545. The van der Waals surface area contributed by atoms with Gasteiger partial charge in [0.15, 0.2) is 0 Å². The van der Waals surface area contributed by atoms with Gasteiger partial charge in [0.2, 0.25) is 5.91 Å². The highest BCUT2D eigenvalue weighted by molar-refractivity contribution is 5.97. The van der Waals surface area contributed by atoms with E-state index in [9.17, 15) is 14.4 Å². The molecule has 220 valence electrons. The van der Waals surface area contributed by atoms with Gasteiger partial charge in [0.05, 0.1) is 6.67 Å². The summed E-state index contributed by atoms with van der Waals surface area (Å²) in [6, 6.07) is 16.1. The number of piperidine rings is 2. The third-order valence-electron chi connectivity index (χ3n) is 9.10. The Kier molecular flexibility index (Phi) is 8.57. The van der Waals surface area contributed by atoms with Crippen molar-refractivity contribution < 1.29 is 14.4 Å². The molecule has 0 unspecified atom stereocenters. The smallest absolute Gasteiger partial charge is 0.321 e. The first-order valence-electron chi connectivity index (χ1n) is 15.3. The summed E-state index contributed by atoms with van der Waals surface area (Å²) in [6.07, 6.45) is 4.25. The van der Waals surface area contributed by atoms with Gasteiger partial charge < -0.3 is 24.9 Å². The summed E-state index contributed by atoms with van der Waals surface area (Å²) in [7, 11) is 0. The number of para-hydroxylation sites is 2. The average molecular weight is 560 g/mol. The van der Waals surface area contributed by atoms with Crippen LogP contribution >= 0.6 is 0 Å². The summed E-state index contributed by atoms with van der Waals surface area (Å²) < 4.78 is 0. The molecule has 3 aliphatic rings. The van der Waals surface area contributed by atoms with Crippen LogP contribution in [0.3, 0.4) is 0 Å². The summed E-state index contributed by atoms with van der Waals surface area (Å²) in [5.41, 5.74) is 3.38. The largest absolute Gasteiger partial charge is 0.341 e. The number of rotatable bonds is 6. The van der Waals surface area contributed by atoms with Crippen LogP contribution in [0.15, 0.2) is 48.5 Å². The summed E-state index contributed by atoms with van der Waals surface area (Å²) in [4.78, 5) is 48.4. The van der Waals surface area contributed by atoms with Crippen LogP contribution in [0.4, 0.5) is 16.2 Å². The molecule has 41 heavy (non-hydrogen) atoms. The molecule has 0 aliphatic carbocycles.